The Kier molecular flexibility index (Phi) is 5.80. The van der Waals surface area contributed by atoms with Crippen LogP contribution in [0.5, 0.6) is 0 Å². The number of hydrogen-bond donors (Lipinski definition) is 2. The molecule has 0 bridgehead atoms. The van der Waals surface area contributed by atoms with E-state index in [9.17, 15) is 4.79 Å². The smallest absolute Gasteiger partial charge is 0.230 e. The van der Waals surface area contributed by atoms with Gasteiger partial charge in [0.15, 0.2) is 5.82 Å². The van der Waals surface area contributed by atoms with E-state index < -0.39 is 0 Å². The van der Waals surface area contributed by atoms with Gasteiger partial charge in [-0.05, 0) is 24.6 Å². The number of benzene rings is 2. The van der Waals surface area contributed by atoms with Crippen LogP contribution in [0.4, 0.5) is 0 Å². The molecule has 26 heavy (non-hydrogen) atoms. The van der Waals surface area contributed by atoms with Crippen molar-refractivity contribution in [1.29, 1.82) is 0 Å². The lowest BCUT2D eigenvalue weighted by molar-refractivity contribution is -0.119. The summed E-state index contributed by atoms with van der Waals surface area (Å²) < 4.78 is 1.35. The molecule has 1 amide bonds. The van der Waals surface area contributed by atoms with Crippen LogP contribution in [0.3, 0.4) is 0 Å². The molecule has 1 aromatic heterocycles. The zero-order chi connectivity index (χ0) is 18.5. The standard InChI is InChI=1S/C18H18ClN5OS/c1-12(13-7-3-2-4-8-13)21-16(25)11-26-18-23-22-17(24(18)20)14-9-5-6-10-15(14)19/h2-10,12H,11,20H2,1H3,(H,21,25)/t12-/m1/s1. The first-order valence-corrected chi connectivity index (χ1v) is 9.35. The van der Waals surface area contributed by atoms with E-state index in [4.69, 9.17) is 17.4 Å². The molecular weight excluding hydrogens is 370 g/mol. The zero-order valence-electron chi connectivity index (χ0n) is 14.1. The number of amides is 1. The summed E-state index contributed by atoms with van der Waals surface area (Å²) in [7, 11) is 0. The summed E-state index contributed by atoms with van der Waals surface area (Å²) in [5.74, 6) is 6.60. The highest BCUT2D eigenvalue weighted by molar-refractivity contribution is 7.99. The highest BCUT2D eigenvalue weighted by Crippen LogP contribution is 2.27. The predicted molar refractivity (Wildman–Crippen MR) is 104 cm³/mol. The van der Waals surface area contributed by atoms with Crippen LogP contribution in [0.15, 0.2) is 59.8 Å². The van der Waals surface area contributed by atoms with Crippen molar-refractivity contribution in [3.05, 3.63) is 65.2 Å². The van der Waals surface area contributed by atoms with Crippen molar-refractivity contribution in [2.75, 3.05) is 11.6 Å². The molecule has 0 saturated carbocycles. The molecule has 6 nitrogen and oxygen atoms in total. The molecule has 0 aliphatic carbocycles. The van der Waals surface area contributed by atoms with Gasteiger partial charge in [-0.3, -0.25) is 4.79 Å². The van der Waals surface area contributed by atoms with Crippen molar-refractivity contribution in [2.24, 2.45) is 0 Å². The SMILES string of the molecule is C[C@@H](NC(=O)CSc1nnc(-c2ccccc2Cl)n1N)c1ccccc1. The van der Waals surface area contributed by atoms with Gasteiger partial charge < -0.3 is 11.2 Å². The summed E-state index contributed by atoms with van der Waals surface area (Å²) in [6, 6.07) is 17.0. The van der Waals surface area contributed by atoms with E-state index in [0.29, 0.717) is 21.6 Å². The number of nitrogen functional groups attached to an aromatic ring is 1. The highest BCUT2D eigenvalue weighted by Gasteiger charge is 2.16. The van der Waals surface area contributed by atoms with Gasteiger partial charge in [0.2, 0.25) is 11.1 Å². The van der Waals surface area contributed by atoms with E-state index in [2.05, 4.69) is 15.5 Å². The molecule has 134 valence electrons. The molecule has 1 atom stereocenters. The summed E-state index contributed by atoms with van der Waals surface area (Å²) in [5.41, 5.74) is 1.74. The van der Waals surface area contributed by atoms with Crippen molar-refractivity contribution in [2.45, 2.75) is 18.1 Å². The van der Waals surface area contributed by atoms with Gasteiger partial charge in [-0.25, -0.2) is 4.68 Å². The lowest BCUT2D eigenvalue weighted by Gasteiger charge is -2.13. The average molecular weight is 388 g/mol. The zero-order valence-corrected chi connectivity index (χ0v) is 15.7. The number of thioether (sulfide) groups is 1. The van der Waals surface area contributed by atoms with Gasteiger partial charge in [0, 0.05) is 5.56 Å². The number of aromatic nitrogens is 3. The Hall–Kier alpha value is -2.51. The number of carbonyl (C=O) groups excluding carboxylic acids is 1. The minimum absolute atomic E-state index is 0.0706. The third-order valence-electron chi connectivity index (χ3n) is 3.79. The molecule has 0 aliphatic heterocycles. The Balaban J connectivity index is 1.62. The molecular formula is C18H18ClN5OS. The summed E-state index contributed by atoms with van der Waals surface area (Å²) in [4.78, 5) is 12.2. The van der Waals surface area contributed by atoms with E-state index in [-0.39, 0.29) is 17.7 Å². The molecule has 0 radical (unpaired) electrons. The van der Waals surface area contributed by atoms with Gasteiger partial charge >= 0.3 is 0 Å². The van der Waals surface area contributed by atoms with Gasteiger partial charge in [0.25, 0.3) is 0 Å². The fourth-order valence-corrected chi connectivity index (χ4v) is 3.33. The van der Waals surface area contributed by atoms with Crippen LogP contribution in [0.25, 0.3) is 11.4 Å². The number of hydrogen-bond acceptors (Lipinski definition) is 5. The van der Waals surface area contributed by atoms with Gasteiger partial charge in [-0.15, -0.1) is 10.2 Å². The molecule has 2 aromatic carbocycles. The number of halogens is 1. The summed E-state index contributed by atoms with van der Waals surface area (Å²) >= 11 is 7.40. The largest absolute Gasteiger partial charge is 0.349 e. The lowest BCUT2D eigenvalue weighted by atomic mass is 10.1. The summed E-state index contributed by atoms with van der Waals surface area (Å²) in [6.07, 6.45) is 0. The molecule has 3 aromatic rings. The monoisotopic (exact) mass is 387 g/mol. The third kappa shape index (κ3) is 4.17. The molecule has 0 spiro atoms. The van der Waals surface area contributed by atoms with Crippen molar-refractivity contribution >= 4 is 29.3 Å². The second-order valence-electron chi connectivity index (χ2n) is 5.64. The van der Waals surface area contributed by atoms with Crippen LogP contribution in [-0.4, -0.2) is 26.5 Å². The Morgan fingerprint density at radius 1 is 1.19 bits per heavy atom. The second-order valence-corrected chi connectivity index (χ2v) is 6.99. The number of nitrogens with two attached hydrogens (primary N) is 1. The van der Waals surface area contributed by atoms with Crippen LogP contribution in [0, 0.1) is 0 Å². The Morgan fingerprint density at radius 3 is 2.62 bits per heavy atom. The van der Waals surface area contributed by atoms with Crippen molar-refractivity contribution in [3.8, 4) is 11.4 Å². The Morgan fingerprint density at radius 2 is 1.88 bits per heavy atom. The first kappa shape index (κ1) is 18.3. The van der Waals surface area contributed by atoms with E-state index in [1.54, 1.807) is 6.07 Å². The van der Waals surface area contributed by atoms with Crippen molar-refractivity contribution < 1.29 is 4.79 Å². The van der Waals surface area contributed by atoms with Crippen LogP contribution >= 0.6 is 23.4 Å². The Bertz CT molecular complexity index is 900. The summed E-state index contributed by atoms with van der Waals surface area (Å²) in [5, 5.41) is 12.1. The maximum Gasteiger partial charge on any atom is 0.230 e. The fourth-order valence-electron chi connectivity index (χ4n) is 2.44. The molecule has 8 heteroatoms. The lowest BCUT2D eigenvalue weighted by Crippen LogP contribution is -2.28. The van der Waals surface area contributed by atoms with Crippen LogP contribution in [-0.2, 0) is 4.79 Å². The molecule has 0 unspecified atom stereocenters. The maximum atomic E-state index is 12.2. The number of nitrogens with zero attached hydrogens (tertiary/aromatic N) is 3. The molecule has 3 N–H and O–H groups in total. The predicted octanol–water partition coefficient (Wildman–Crippen LogP) is 3.28. The average Bonchev–Trinajstić information content (AvgIpc) is 3.01. The second kappa shape index (κ2) is 8.25. The first-order valence-electron chi connectivity index (χ1n) is 7.98. The maximum absolute atomic E-state index is 12.2. The Labute approximate surface area is 160 Å². The molecule has 0 fully saturated rings. The van der Waals surface area contributed by atoms with Crippen molar-refractivity contribution in [1.82, 2.24) is 20.2 Å². The van der Waals surface area contributed by atoms with Gasteiger partial charge in [0.05, 0.1) is 16.8 Å². The number of carbonyl (C=O) groups is 1. The molecule has 3 rings (SSSR count). The summed E-state index contributed by atoms with van der Waals surface area (Å²) in [6.45, 7) is 1.94. The molecule has 0 aliphatic rings. The normalized spacial score (nSPS) is 11.9. The molecule has 1 heterocycles. The quantitative estimate of drug-likeness (QED) is 0.500. The van der Waals surface area contributed by atoms with Crippen LogP contribution < -0.4 is 11.2 Å². The van der Waals surface area contributed by atoms with Crippen LogP contribution in [0.1, 0.15) is 18.5 Å². The van der Waals surface area contributed by atoms with Crippen LogP contribution in [0.2, 0.25) is 5.02 Å². The van der Waals surface area contributed by atoms with Gasteiger partial charge in [0.1, 0.15) is 0 Å². The minimum atomic E-state index is -0.103. The number of nitrogens with one attached hydrogen (secondary N) is 1. The minimum Gasteiger partial charge on any atom is -0.349 e. The van der Waals surface area contributed by atoms with Gasteiger partial charge in [-0.1, -0.05) is 65.8 Å². The van der Waals surface area contributed by atoms with Gasteiger partial charge in [-0.2, -0.15) is 0 Å². The van der Waals surface area contributed by atoms with E-state index in [1.165, 1.54) is 16.4 Å². The topological polar surface area (TPSA) is 85.8 Å². The fraction of sp³-hybridized carbons (Fsp3) is 0.167. The van der Waals surface area contributed by atoms with Crippen molar-refractivity contribution in [3.63, 3.8) is 0 Å². The van der Waals surface area contributed by atoms with E-state index in [0.717, 1.165) is 5.56 Å². The molecule has 0 saturated heterocycles. The van der Waals surface area contributed by atoms with E-state index >= 15 is 0 Å². The first-order chi connectivity index (χ1) is 12.6. The number of rotatable bonds is 6. The van der Waals surface area contributed by atoms with E-state index in [1.807, 2.05) is 55.5 Å². The highest BCUT2D eigenvalue weighted by atomic mass is 35.5. The third-order valence-corrected chi connectivity index (χ3v) is 5.06.